The van der Waals surface area contributed by atoms with Crippen molar-refractivity contribution in [2.24, 2.45) is 0 Å². The molecule has 1 aliphatic rings. The Hall–Kier alpha value is -2.47. The highest BCUT2D eigenvalue weighted by Gasteiger charge is 2.36. The normalized spacial score (nSPS) is 13.1. The van der Waals surface area contributed by atoms with Crippen LogP contribution >= 0.6 is 15.9 Å². The number of carbonyl (C=O) groups is 3. The maximum atomic E-state index is 12.3. The number of carbonyl (C=O) groups excluding carboxylic acids is 3. The molecule has 0 spiro atoms. The first-order chi connectivity index (χ1) is 11.6. The van der Waals surface area contributed by atoms with Gasteiger partial charge < -0.3 is 5.32 Å². The minimum absolute atomic E-state index is 0.265. The summed E-state index contributed by atoms with van der Waals surface area (Å²) in [6, 6.07) is 14.7. The SMILES string of the molecule is O=C(CN1C(=O)c2ccc(Br)cc2C1=O)NCCc1ccccc1. The van der Waals surface area contributed by atoms with Crippen LogP contribution in [0.5, 0.6) is 0 Å². The van der Waals surface area contributed by atoms with E-state index in [-0.39, 0.29) is 12.5 Å². The maximum Gasteiger partial charge on any atom is 0.262 e. The van der Waals surface area contributed by atoms with Crippen molar-refractivity contribution in [2.45, 2.75) is 6.42 Å². The molecular weight excluding hydrogens is 372 g/mol. The van der Waals surface area contributed by atoms with Gasteiger partial charge >= 0.3 is 0 Å². The van der Waals surface area contributed by atoms with Crippen molar-refractivity contribution in [1.29, 1.82) is 0 Å². The number of nitrogens with one attached hydrogen (secondary N) is 1. The van der Waals surface area contributed by atoms with E-state index < -0.39 is 11.8 Å². The Bertz CT molecular complexity index is 805. The average Bonchev–Trinajstić information content (AvgIpc) is 2.80. The van der Waals surface area contributed by atoms with Crippen molar-refractivity contribution < 1.29 is 14.4 Å². The molecule has 1 aliphatic heterocycles. The fraction of sp³-hybridized carbons (Fsp3) is 0.167. The lowest BCUT2D eigenvalue weighted by atomic mass is 10.1. The van der Waals surface area contributed by atoms with Gasteiger partial charge in [-0.1, -0.05) is 46.3 Å². The first-order valence-corrected chi connectivity index (χ1v) is 8.32. The van der Waals surface area contributed by atoms with Gasteiger partial charge in [0.05, 0.1) is 11.1 Å². The molecular formula is C18H15BrN2O3. The number of fused-ring (bicyclic) bond motifs is 1. The molecule has 0 unspecified atom stereocenters. The Labute approximate surface area is 147 Å². The molecule has 0 saturated heterocycles. The molecule has 122 valence electrons. The first kappa shape index (κ1) is 16.4. The summed E-state index contributed by atoms with van der Waals surface area (Å²) in [6.45, 7) is 0.191. The zero-order valence-corrected chi connectivity index (χ0v) is 14.4. The van der Waals surface area contributed by atoms with Gasteiger partial charge in [-0.05, 0) is 30.2 Å². The third-order valence-electron chi connectivity index (χ3n) is 3.81. The molecule has 1 heterocycles. The van der Waals surface area contributed by atoms with Crippen LogP contribution in [0.25, 0.3) is 0 Å². The van der Waals surface area contributed by atoms with Crippen LogP contribution in [0.15, 0.2) is 53.0 Å². The molecule has 3 rings (SSSR count). The summed E-state index contributed by atoms with van der Waals surface area (Å²) in [5, 5.41) is 2.74. The quantitative estimate of drug-likeness (QED) is 0.802. The number of benzene rings is 2. The lowest BCUT2D eigenvalue weighted by Gasteiger charge is -2.13. The summed E-state index contributed by atoms with van der Waals surface area (Å²) in [4.78, 5) is 37.6. The number of nitrogens with zero attached hydrogens (tertiary/aromatic N) is 1. The molecule has 0 aliphatic carbocycles. The average molecular weight is 387 g/mol. The van der Waals surface area contributed by atoms with E-state index in [9.17, 15) is 14.4 Å². The molecule has 0 saturated carbocycles. The number of rotatable bonds is 5. The number of imide groups is 1. The van der Waals surface area contributed by atoms with Gasteiger partial charge in [0, 0.05) is 11.0 Å². The Morgan fingerprint density at radius 2 is 1.71 bits per heavy atom. The van der Waals surface area contributed by atoms with Crippen molar-refractivity contribution in [3.8, 4) is 0 Å². The number of halogens is 1. The van der Waals surface area contributed by atoms with E-state index in [4.69, 9.17) is 0 Å². The minimum Gasteiger partial charge on any atom is -0.354 e. The van der Waals surface area contributed by atoms with Gasteiger partial charge in [0.15, 0.2) is 0 Å². The number of amides is 3. The Kier molecular flexibility index (Phi) is 4.76. The molecule has 0 radical (unpaired) electrons. The fourth-order valence-corrected chi connectivity index (χ4v) is 2.96. The van der Waals surface area contributed by atoms with E-state index in [1.54, 1.807) is 18.2 Å². The lowest BCUT2D eigenvalue weighted by molar-refractivity contribution is -0.121. The molecule has 5 nitrogen and oxygen atoms in total. The lowest BCUT2D eigenvalue weighted by Crippen LogP contribution is -2.40. The highest BCUT2D eigenvalue weighted by Crippen LogP contribution is 2.25. The summed E-state index contributed by atoms with van der Waals surface area (Å²) in [5.41, 5.74) is 1.77. The van der Waals surface area contributed by atoms with Crippen molar-refractivity contribution >= 4 is 33.7 Å². The summed E-state index contributed by atoms with van der Waals surface area (Å²) in [6.07, 6.45) is 0.696. The zero-order chi connectivity index (χ0) is 17.1. The molecule has 3 amide bonds. The smallest absolute Gasteiger partial charge is 0.262 e. The molecule has 6 heteroatoms. The van der Waals surface area contributed by atoms with Gasteiger partial charge in [-0.2, -0.15) is 0 Å². The number of hydrogen-bond donors (Lipinski definition) is 1. The second-order valence-electron chi connectivity index (χ2n) is 5.47. The molecule has 0 bridgehead atoms. The molecule has 0 atom stereocenters. The topological polar surface area (TPSA) is 66.5 Å². The van der Waals surface area contributed by atoms with Crippen molar-refractivity contribution in [3.63, 3.8) is 0 Å². The van der Waals surface area contributed by atoms with Crippen LogP contribution in [0.4, 0.5) is 0 Å². The Morgan fingerprint density at radius 3 is 2.46 bits per heavy atom. The highest BCUT2D eigenvalue weighted by atomic mass is 79.9. The predicted octanol–water partition coefficient (Wildman–Crippen LogP) is 2.40. The maximum absolute atomic E-state index is 12.3. The van der Waals surface area contributed by atoms with E-state index in [0.29, 0.717) is 24.1 Å². The van der Waals surface area contributed by atoms with E-state index in [2.05, 4.69) is 21.2 Å². The fourth-order valence-electron chi connectivity index (χ4n) is 2.60. The molecule has 2 aromatic rings. The second kappa shape index (κ2) is 6.97. The van der Waals surface area contributed by atoms with E-state index in [1.165, 1.54) is 0 Å². The van der Waals surface area contributed by atoms with Crippen LogP contribution < -0.4 is 5.32 Å². The molecule has 0 aromatic heterocycles. The molecule has 24 heavy (non-hydrogen) atoms. The Balaban J connectivity index is 1.57. The van der Waals surface area contributed by atoms with Gasteiger partial charge in [0.25, 0.3) is 11.8 Å². The zero-order valence-electron chi connectivity index (χ0n) is 12.8. The van der Waals surface area contributed by atoms with Gasteiger partial charge in [0.2, 0.25) is 5.91 Å². The highest BCUT2D eigenvalue weighted by molar-refractivity contribution is 9.10. The van der Waals surface area contributed by atoms with Crippen LogP contribution in [0, 0.1) is 0 Å². The predicted molar refractivity (Wildman–Crippen MR) is 92.7 cm³/mol. The molecule has 2 aromatic carbocycles. The van der Waals surface area contributed by atoms with Gasteiger partial charge in [0.1, 0.15) is 6.54 Å². The van der Waals surface area contributed by atoms with Gasteiger partial charge in [-0.15, -0.1) is 0 Å². The third kappa shape index (κ3) is 3.38. The summed E-state index contributed by atoms with van der Waals surface area (Å²) >= 11 is 3.28. The second-order valence-corrected chi connectivity index (χ2v) is 6.39. The summed E-state index contributed by atoms with van der Waals surface area (Å²) < 4.78 is 0.719. The summed E-state index contributed by atoms with van der Waals surface area (Å²) in [7, 11) is 0. The molecule has 1 N–H and O–H groups in total. The Morgan fingerprint density at radius 1 is 1.00 bits per heavy atom. The van der Waals surface area contributed by atoms with E-state index in [1.807, 2.05) is 30.3 Å². The first-order valence-electron chi connectivity index (χ1n) is 7.52. The van der Waals surface area contributed by atoms with Crippen LogP contribution in [0.2, 0.25) is 0 Å². The van der Waals surface area contributed by atoms with E-state index in [0.717, 1.165) is 14.9 Å². The van der Waals surface area contributed by atoms with Gasteiger partial charge in [-0.3, -0.25) is 19.3 Å². The number of hydrogen-bond acceptors (Lipinski definition) is 3. The van der Waals surface area contributed by atoms with Crippen molar-refractivity contribution in [1.82, 2.24) is 10.2 Å². The largest absolute Gasteiger partial charge is 0.354 e. The van der Waals surface area contributed by atoms with Crippen LogP contribution in [-0.2, 0) is 11.2 Å². The van der Waals surface area contributed by atoms with E-state index >= 15 is 0 Å². The van der Waals surface area contributed by atoms with Crippen LogP contribution in [-0.4, -0.2) is 35.7 Å². The minimum atomic E-state index is -0.436. The summed E-state index contributed by atoms with van der Waals surface area (Å²) in [5.74, 6) is -1.21. The van der Waals surface area contributed by atoms with Crippen molar-refractivity contribution in [2.75, 3.05) is 13.1 Å². The van der Waals surface area contributed by atoms with Crippen LogP contribution in [0.3, 0.4) is 0 Å². The van der Waals surface area contributed by atoms with Gasteiger partial charge in [-0.25, -0.2) is 0 Å². The third-order valence-corrected chi connectivity index (χ3v) is 4.31. The van der Waals surface area contributed by atoms with Crippen molar-refractivity contribution in [3.05, 3.63) is 69.7 Å². The standard InChI is InChI=1S/C18H15BrN2O3/c19-13-6-7-14-15(10-13)18(24)21(17(14)23)11-16(22)20-9-8-12-4-2-1-3-5-12/h1-7,10H,8-9,11H2,(H,20,22). The van der Waals surface area contributed by atoms with Crippen LogP contribution in [0.1, 0.15) is 26.3 Å². The monoisotopic (exact) mass is 386 g/mol. The molecule has 0 fully saturated rings.